The molecule has 0 saturated carbocycles. The normalized spacial score (nSPS) is 11.1. The van der Waals surface area contributed by atoms with E-state index in [1.54, 1.807) is 0 Å². The molecule has 0 spiro atoms. The minimum Gasteiger partial charge on any atom is -0.381 e. The zero-order valence-corrected chi connectivity index (χ0v) is 9.67. The van der Waals surface area contributed by atoms with E-state index in [0.29, 0.717) is 26.1 Å². The summed E-state index contributed by atoms with van der Waals surface area (Å²) in [6.45, 7) is 8.90. The number of rotatable bonds is 10. The van der Waals surface area contributed by atoms with E-state index >= 15 is 0 Å². The van der Waals surface area contributed by atoms with Gasteiger partial charge in [-0.05, 0) is 20.3 Å². The van der Waals surface area contributed by atoms with Crippen molar-refractivity contribution in [3.63, 3.8) is 0 Å². The van der Waals surface area contributed by atoms with Crippen molar-refractivity contribution in [2.45, 2.75) is 40.0 Å². The second-order valence-corrected chi connectivity index (χ2v) is 2.95. The summed E-state index contributed by atoms with van der Waals surface area (Å²) in [4.78, 5) is 0. The molecule has 3 heteroatoms. The Kier molecular flexibility index (Phi) is 10.9. The van der Waals surface area contributed by atoms with Crippen molar-refractivity contribution in [2.24, 2.45) is 0 Å². The van der Waals surface area contributed by atoms with Crippen LogP contribution in [0.4, 0.5) is 0 Å². The van der Waals surface area contributed by atoms with E-state index in [9.17, 15) is 0 Å². The highest BCUT2D eigenvalue weighted by Crippen LogP contribution is 2.10. The topological polar surface area (TPSA) is 27.7 Å². The average Bonchev–Trinajstić information content (AvgIpc) is 2.18. The Balaban J connectivity index is 3.30. The average molecular weight is 203 g/mol. The van der Waals surface area contributed by atoms with Crippen LogP contribution in [-0.4, -0.2) is 26.4 Å². The van der Waals surface area contributed by atoms with Gasteiger partial charge in [0.25, 0.3) is 0 Å². The molecule has 3 nitrogen and oxygen atoms in total. The zero-order valence-electron chi connectivity index (χ0n) is 9.67. The summed E-state index contributed by atoms with van der Waals surface area (Å²) in [5.74, 6) is 0. The highest BCUT2D eigenvalue weighted by atomic mass is 16.7. The third-order valence-electron chi connectivity index (χ3n) is 1.70. The molecule has 0 aromatic rings. The van der Waals surface area contributed by atoms with Crippen molar-refractivity contribution in [1.82, 2.24) is 0 Å². The summed E-state index contributed by atoms with van der Waals surface area (Å²) in [5.41, 5.74) is 0. The Labute approximate surface area is 87.7 Å². The molecule has 0 atom stereocenters. The maximum atomic E-state index is 5.42. The van der Waals surface area contributed by atoms with Crippen molar-refractivity contribution < 1.29 is 14.2 Å². The molecule has 14 heavy (non-hydrogen) atoms. The van der Waals surface area contributed by atoms with Gasteiger partial charge >= 0.3 is 0 Å². The Morgan fingerprint density at radius 2 is 1.57 bits per heavy atom. The molecule has 0 unspecified atom stereocenters. The number of hydrogen-bond donors (Lipinski definition) is 0. The smallest absolute Gasteiger partial charge is 0.226 e. The van der Waals surface area contributed by atoms with Gasteiger partial charge in [0.1, 0.15) is 0 Å². The first-order valence-corrected chi connectivity index (χ1v) is 5.54. The molecular weight excluding hydrogens is 180 g/mol. The zero-order chi connectivity index (χ0) is 10.6. The second-order valence-electron chi connectivity index (χ2n) is 2.95. The van der Waals surface area contributed by atoms with Gasteiger partial charge in [-0.25, -0.2) is 0 Å². The van der Waals surface area contributed by atoms with Gasteiger partial charge in [0.2, 0.25) is 6.29 Å². The third kappa shape index (κ3) is 8.48. The molecule has 0 aliphatic carbocycles. The first-order valence-electron chi connectivity index (χ1n) is 5.54. The maximum Gasteiger partial charge on any atom is 0.226 e. The van der Waals surface area contributed by atoms with Crippen molar-refractivity contribution >= 4 is 0 Å². The van der Waals surface area contributed by atoms with Crippen LogP contribution in [0.3, 0.4) is 0 Å². The minimum absolute atomic E-state index is 0.657. The van der Waals surface area contributed by atoms with Crippen LogP contribution in [-0.2, 0) is 14.2 Å². The highest BCUT2D eigenvalue weighted by Gasteiger charge is 2.09. The molecule has 1 radical (unpaired) electrons. The maximum absolute atomic E-state index is 5.42. The van der Waals surface area contributed by atoms with E-state index in [-0.39, 0.29) is 0 Å². The van der Waals surface area contributed by atoms with Crippen LogP contribution in [0.1, 0.15) is 40.0 Å². The first kappa shape index (κ1) is 13.9. The third-order valence-corrected chi connectivity index (χ3v) is 1.70. The molecule has 0 heterocycles. The predicted octanol–water partition coefficient (Wildman–Crippen LogP) is 2.76. The molecule has 0 aromatic carbocycles. The SMILES string of the molecule is CCCCOCC[C](OCC)OCC. The van der Waals surface area contributed by atoms with Crippen LogP contribution in [0.15, 0.2) is 0 Å². The molecule has 0 aromatic heterocycles. The first-order chi connectivity index (χ1) is 6.85. The van der Waals surface area contributed by atoms with E-state index in [1.807, 2.05) is 13.8 Å². The lowest BCUT2D eigenvalue weighted by Gasteiger charge is -2.14. The minimum atomic E-state index is 0.657. The fourth-order valence-electron chi connectivity index (χ4n) is 1.01. The summed E-state index contributed by atoms with van der Waals surface area (Å²) >= 11 is 0. The van der Waals surface area contributed by atoms with Crippen LogP contribution in [0.5, 0.6) is 0 Å². The largest absolute Gasteiger partial charge is 0.381 e. The fraction of sp³-hybridized carbons (Fsp3) is 0.909. The Morgan fingerprint density at radius 3 is 2.07 bits per heavy atom. The lowest BCUT2D eigenvalue weighted by atomic mass is 10.3. The number of ether oxygens (including phenoxy) is 3. The molecule has 0 N–H and O–H groups in total. The summed E-state index contributed by atoms with van der Waals surface area (Å²) in [6, 6.07) is 0. The van der Waals surface area contributed by atoms with E-state index in [2.05, 4.69) is 6.92 Å². The molecule has 0 aliphatic heterocycles. The number of hydrogen-bond acceptors (Lipinski definition) is 3. The van der Waals surface area contributed by atoms with Gasteiger partial charge in [0.05, 0.1) is 6.61 Å². The molecule has 0 fully saturated rings. The molecule has 0 saturated heterocycles. The summed E-state index contributed by atoms with van der Waals surface area (Å²) in [7, 11) is 0. The standard InChI is InChI=1S/C11H23O3/c1-4-7-9-12-10-8-11(13-5-2)14-6-3/h4-10H2,1-3H3. The monoisotopic (exact) mass is 203 g/mol. The van der Waals surface area contributed by atoms with Crippen molar-refractivity contribution in [1.29, 1.82) is 0 Å². The van der Waals surface area contributed by atoms with Gasteiger partial charge in [-0.2, -0.15) is 0 Å². The van der Waals surface area contributed by atoms with Crippen LogP contribution in [0.2, 0.25) is 0 Å². The van der Waals surface area contributed by atoms with E-state index in [1.165, 1.54) is 6.42 Å². The molecular formula is C11H23O3. The Bertz CT molecular complexity index is 101. The Hall–Kier alpha value is -0.120. The van der Waals surface area contributed by atoms with Crippen LogP contribution < -0.4 is 0 Å². The number of unbranched alkanes of at least 4 members (excludes halogenated alkanes) is 1. The van der Waals surface area contributed by atoms with Gasteiger partial charge in [-0.1, -0.05) is 13.3 Å². The molecule has 0 rings (SSSR count). The van der Waals surface area contributed by atoms with Crippen molar-refractivity contribution in [3.05, 3.63) is 6.29 Å². The van der Waals surface area contributed by atoms with Gasteiger partial charge in [0, 0.05) is 26.2 Å². The van der Waals surface area contributed by atoms with Crippen molar-refractivity contribution in [3.8, 4) is 0 Å². The van der Waals surface area contributed by atoms with Gasteiger partial charge < -0.3 is 14.2 Å². The van der Waals surface area contributed by atoms with Crippen molar-refractivity contribution in [2.75, 3.05) is 26.4 Å². The summed E-state index contributed by atoms with van der Waals surface area (Å²) in [6.07, 6.45) is 3.74. The predicted molar refractivity (Wildman–Crippen MR) is 56.8 cm³/mol. The molecule has 85 valence electrons. The summed E-state index contributed by atoms with van der Waals surface area (Å²) in [5, 5.41) is 0. The Morgan fingerprint density at radius 1 is 0.929 bits per heavy atom. The van der Waals surface area contributed by atoms with Gasteiger partial charge in [-0.3, -0.25) is 0 Å². The van der Waals surface area contributed by atoms with E-state index < -0.39 is 0 Å². The van der Waals surface area contributed by atoms with Crippen LogP contribution >= 0.6 is 0 Å². The summed E-state index contributed by atoms with van der Waals surface area (Å²) < 4.78 is 16.0. The highest BCUT2D eigenvalue weighted by molar-refractivity contribution is 4.64. The molecule has 0 aliphatic rings. The molecule has 0 amide bonds. The lowest BCUT2D eigenvalue weighted by molar-refractivity contribution is -0.0535. The van der Waals surface area contributed by atoms with Crippen LogP contribution in [0.25, 0.3) is 0 Å². The van der Waals surface area contributed by atoms with Crippen LogP contribution in [0, 0.1) is 6.29 Å². The molecule has 0 bridgehead atoms. The lowest BCUT2D eigenvalue weighted by Crippen LogP contribution is -2.11. The fourth-order valence-corrected chi connectivity index (χ4v) is 1.01. The van der Waals surface area contributed by atoms with Gasteiger partial charge in [0.15, 0.2) is 0 Å². The van der Waals surface area contributed by atoms with E-state index in [4.69, 9.17) is 14.2 Å². The van der Waals surface area contributed by atoms with E-state index in [0.717, 1.165) is 19.4 Å². The quantitative estimate of drug-likeness (QED) is 0.511. The second kappa shape index (κ2) is 11.0. The van der Waals surface area contributed by atoms with Gasteiger partial charge in [-0.15, -0.1) is 0 Å².